The van der Waals surface area contributed by atoms with Crippen molar-refractivity contribution in [3.05, 3.63) is 48.5 Å². The predicted octanol–water partition coefficient (Wildman–Crippen LogP) is 4.43. The van der Waals surface area contributed by atoms with Gasteiger partial charge < -0.3 is 9.47 Å². The van der Waals surface area contributed by atoms with E-state index < -0.39 is 0 Å². The first-order valence-electron chi connectivity index (χ1n) is 7.62. The van der Waals surface area contributed by atoms with E-state index in [1.54, 1.807) is 12.1 Å². The van der Waals surface area contributed by atoms with E-state index in [-0.39, 0.29) is 11.9 Å². The molecule has 0 aliphatic carbocycles. The number of carbonyl (C=O) groups excluding carboxylic acids is 2. The van der Waals surface area contributed by atoms with Crippen LogP contribution in [-0.4, -0.2) is 11.9 Å². The summed E-state index contributed by atoms with van der Waals surface area (Å²) in [5.74, 6) is 0.348. The second kappa shape index (κ2) is 5.20. The molecule has 0 N–H and O–H groups in total. The summed E-state index contributed by atoms with van der Waals surface area (Å²) in [5.41, 5.74) is 0. The molecule has 0 radical (unpaired) electrons. The van der Waals surface area contributed by atoms with E-state index in [0.717, 1.165) is 32.3 Å². The van der Waals surface area contributed by atoms with E-state index in [9.17, 15) is 9.59 Å². The molecule has 0 heterocycles. The quantitative estimate of drug-likeness (QED) is 0.311. The summed E-state index contributed by atoms with van der Waals surface area (Å²) < 4.78 is 10.7. The molecule has 0 spiro atoms. The van der Waals surface area contributed by atoms with Crippen LogP contribution in [0.2, 0.25) is 0 Å². The minimum Gasteiger partial charge on any atom is -0.426 e. The third-order valence-corrected chi connectivity index (χ3v) is 4.09. The summed E-state index contributed by atoms with van der Waals surface area (Å²) in [6, 6.07) is 15.3. The van der Waals surface area contributed by atoms with Crippen LogP contribution in [-0.2, 0) is 9.59 Å². The Morgan fingerprint density at radius 1 is 0.625 bits per heavy atom. The lowest BCUT2D eigenvalue weighted by molar-refractivity contribution is -0.132. The van der Waals surface area contributed by atoms with E-state index >= 15 is 0 Å². The van der Waals surface area contributed by atoms with Gasteiger partial charge in [-0.3, -0.25) is 9.59 Å². The molecule has 4 heteroatoms. The molecule has 0 fully saturated rings. The Balaban J connectivity index is 2.13. The molecule has 4 nitrogen and oxygen atoms in total. The van der Waals surface area contributed by atoms with Gasteiger partial charge in [0.05, 0.1) is 0 Å². The third-order valence-electron chi connectivity index (χ3n) is 4.09. The van der Waals surface area contributed by atoms with Crippen LogP contribution in [0.5, 0.6) is 11.5 Å². The summed E-state index contributed by atoms with van der Waals surface area (Å²) in [4.78, 5) is 22.7. The Labute approximate surface area is 137 Å². The molecule has 4 rings (SSSR count). The fourth-order valence-corrected chi connectivity index (χ4v) is 3.24. The fraction of sp³-hybridized carbons (Fsp3) is 0.100. The normalized spacial score (nSPS) is 11.2. The summed E-state index contributed by atoms with van der Waals surface area (Å²) in [6.07, 6.45) is 0. The molecule has 24 heavy (non-hydrogen) atoms. The van der Waals surface area contributed by atoms with Crippen molar-refractivity contribution in [2.45, 2.75) is 13.8 Å². The number of hydrogen-bond acceptors (Lipinski definition) is 4. The van der Waals surface area contributed by atoms with Gasteiger partial charge in [0.15, 0.2) is 0 Å². The Kier molecular flexibility index (Phi) is 3.13. The topological polar surface area (TPSA) is 52.6 Å². The largest absolute Gasteiger partial charge is 0.426 e. The number of rotatable bonds is 2. The molecule has 0 saturated heterocycles. The molecule has 4 aromatic rings. The van der Waals surface area contributed by atoms with Crippen LogP contribution in [0, 0.1) is 0 Å². The zero-order valence-electron chi connectivity index (χ0n) is 13.3. The number of ether oxygens (including phenoxy) is 2. The average Bonchev–Trinajstić information content (AvgIpc) is 2.54. The molecule has 0 bridgehead atoms. The van der Waals surface area contributed by atoms with Crippen molar-refractivity contribution in [2.24, 2.45) is 0 Å². The van der Waals surface area contributed by atoms with Gasteiger partial charge in [0.1, 0.15) is 11.5 Å². The van der Waals surface area contributed by atoms with Crippen molar-refractivity contribution >= 4 is 44.3 Å². The highest BCUT2D eigenvalue weighted by molar-refractivity contribution is 6.25. The van der Waals surface area contributed by atoms with E-state index in [1.807, 2.05) is 36.4 Å². The van der Waals surface area contributed by atoms with Gasteiger partial charge >= 0.3 is 11.9 Å². The maximum Gasteiger partial charge on any atom is 0.308 e. The third kappa shape index (κ3) is 2.15. The van der Waals surface area contributed by atoms with Crippen LogP contribution in [0.1, 0.15) is 13.8 Å². The molecular formula is C20H14O4. The number of esters is 2. The van der Waals surface area contributed by atoms with E-state index in [0.29, 0.717) is 11.5 Å². The molecule has 118 valence electrons. The van der Waals surface area contributed by atoms with Crippen molar-refractivity contribution in [2.75, 3.05) is 0 Å². The van der Waals surface area contributed by atoms with Crippen molar-refractivity contribution in [1.29, 1.82) is 0 Å². The first kappa shape index (κ1) is 14.5. The lowest BCUT2D eigenvalue weighted by Gasteiger charge is -2.15. The summed E-state index contributed by atoms with van der Waals surface area (Å²) in [5, 5.41) is 5.80. The van der Waals surface area contributed by atoms with Crippen LogP contribution in [0.3, 0.4) is 0 Å². The first-order chi connectivity index (χ1) is 11.5. The highest BCUT2D eigenvalue weighted by atomic mass is 16.5. The summed E-state index contributed by atoms with van der Waals surface area (Å²) in [6.45, 7) is 2.77. The molecule has 0 aromatic heterocycles. The van der Waals surface area contributed by atoms with E-state index in [2.05, 4.69) is 0 Å². The molecular weight excluding hydrogens is 304 g/mol. The zero-order chi connectivity index (χ0) is 16.8. The predicted molar refractivity (Wildman–Crippen MR) is 92.8 cm³/mol. The number of hydrogen-bond donors (Lipinski definition) is 0. The highest BCUT2D eigenvalue weighted by Gasteiger charge is 2.15. The Hall–Kier alpha value is -3.14. The second-order valence-corrected chi connectivity index (χ2v) is 5.74. The summed E-state index contributed by atoms with van der Waals surface area (Å²) >= 11 is 0. The SMILES string of the molecule is CC(=O)Oc1ccc2ccc3c(OC(C)=O)ccc4ccc1c2c43. The van der Waals surface area contributed by atoms with Crippen molar-refractivity contribution in [3.8, 4) is 11.5 Å². The Bertz CT molecular complexity index is 1020. The highest BCUT2D eigenvalue weighted by Crippen LogP contribution is 2.41. The van der Waals surface area contributed by atoms with Crippen LogP contribution in [0.4, 0.5) is 0 Å². The van der Waals surface area contributed by atoms with Crippen LogP contribution in [0.15, 0.2) is 48.5 Å². The maximum atomic E-state index is 11.4. The smallest absolute Gasteiger partial charge is 0.308 e. The number of benzene rings is 4. The van der Waals surface area contributed by atoms with Gasteiger partial charge in [-0.2, -0.15) is 0 Å². The van der Waals surface area contributed by atoms with Gasteiger partial charge in [-0.25, -0.2) is 0 Å². The second-order valence-electron chi connectivity index (χ2n) is 5.74. The molecule has 0 aliphatic heterocycles. The lowest BCUT2D eigenvalue weighted by Crippen LogP contribution is -2.03. The minimum atomic E-state index is -0.356. The molecule has 0 aliphatic rings. The van der Waals surface area contributed by atoms with Gasteiger partial charge in [-0.1, -0.05) is 24.3 Å². The minimum absolute atomic E-state index is 0.356. The van der Waals surface area contributed by atoms with Gasteiger partial charge in [-0.05, 0) is 35.0 Å². The maximum absolute atomic E-state index is 11.4. The Morgan fingerprint density at radius 2 is 1.00 bits per heavy atom. The van der Waals surface area contributed by atoms with Gasteiger partial charge in [0.2, 0.25) is 0 Å². The zero-order valence-corrected chi connectivity index (χ0v) is 13.3. The van der Waals surface area contributed by atoms with Crippen LogP contribution < -0.4 is 9.47 Å². The molecule has 4 aromatic carbocycles. The lowest BCUT2D eigenvalue weighted by atomic mass is 9.93. The van der Waals surface area contributed by atoms with Crippen LogP contribution >= 0.6 is 0 Å². The van der Waals surface area contributed by atoms with E-state index in [4.69, 9.17) is 9.47 Å². The fourth-order valence-electron chi connectivity index (χ4n) is 3.24. The molecule has 0 unspecified atom stereocenters. The summed E-state index contributed by atoms with van der Waals surface area (Å²) in [7, 11) is 0. The van der Waals surface area contributed by atoms with Crippen LogP contribution in [0.25, 0.3) is 32.3 Å². The molecule has 0 atom stereocenters. The first-order valence-corrected chi connectivity index (χ1v) is 7.62. The Morgan fingerprint density at radius 3 is 1.38 bits per heavy atom. The van der Waals surface area contributed by atoms with E-state index in [1.165, 1.54) is 13.8 Å². The van der Waals surface area contributed by atoms with Gasteiger partial charge in [-0.15, -0.1) is 0 Å². The van der Waals surface area contributed by atoms with Crippen molar-refractivity contribution < 1.29 is 19.1 Å². The molecule has 0 saturated carbocycles. The number of carbonyl (C=O) groups is 2. The average molecular weight is 318 g/mol. The monoisotopic (exact) mass is 318 g/mol. The molecule has 0 amide bonds. The van der Waals surface area contributed by atoms with Gasteiger partial charge in [0.25, 0.3) is 0 Å². The van der Waals surface area contributed by atoms with Crippen molar-refractivity contribution in [1.82, 2.24) is 0 Å². The standard InChI is InChI=1S/C20H14O4/c1-11(21)23-17-9-5-13-4-8-16-18(24-12(2)22)10-6-14-3-7-15(17)19(13)20(14)16/h3-10H,1-2H3. The van der Waals surface area contributed by atoms with Gasteiger partial charge in [0, 0.05) is 35.4 Å². The van der Waals surface area contributed by atoms with Crippen molar-refractivity contribution in [3.63, 3.8) is 0 Å².